The number of ether oxygens (including phenoxy) is 4. The van der Waals surface area contributed by atoms with Gasteiger partial charge in [0.15, 0.2) is 11.5 Å². The highest BCUT2D eigenvalue weighted by atomic mass is 16.5. The van der Waals surface area contributed by atoms with Crippen LogP contribution in [0.5, 0.6) is 23.0 Å². The van der Waals surface area contributed by atoms with Crippen molar-refractivity contribution in [2.24, 2.45) is 0 Å². The van der Waals surface area contributed by atoms with Crippen LogP contribution in [0.1, 0.15) is 21.5 Å². The summed E-state index contributed by atoms with van der Waals surface area (Å²) in [6, 6.07) is 14.8. The fraction of sp³-hybridized carbons (Fsp3) is 0.240. The molecule has 0 unspecified atom stereocenters. The van der Waals surface area contributed by atoms with Gasteiger partial charge in [0.2, 0.25) is 5.75 Å². The summed E-state index contributed by atoms with van der Waals surface area (Å²) < 4.78 is 21.7. The largest absolute Gasteiger partial charge is 0.497 e. The molecular formula is C25H26N2O6. The van der Waals surface area contributed by atoms with Crippen molar-refractivity contribution in [1.82, 2.24) is 0 Å². The monoisotopic (exact) mass is 450 g/mol. The van der Waals surface area contributed by atoms with Gasteiger partial charge in [-0.15, -0.1) is 0 Å². The molecule has 8 heteroatoms. The van der Waals surface area contributed by atoms with Gasteiger partial charge < -0.3 is 34.3 Å². The lowest BCUT2D eigenvalue weighted by molar-refractivity contribution is 0.0697. The lowest BCUT2D eigenvalue weighted by Gasteiger charge is -2.23. The molecule has 3 aromatic carbocycles. The lowest BCUT2D eigenvalue weighted by Crippen LogP contribution is -2.16. The summed E-state index contributed by atoms with van der Waals surface area (Å²) in [5.41, 5.74) is 4.69. The summed E-state index contributed by atoms with van der Waals surface area (Å²) in [5, 5.41) is 12.8. The molecule has 0 saturated carbocycles. The van der Waals surface area contributed by atoms with Crippen molar-refractivity contribution in [1.29, 1.82) is 0 Å². The van der Waals surface area contributed by atoms with Crippen LogP contribution in [-0.2, 0) is 13.1 Å². The topological polar surface area (TPSA) is 89.5 Å². The van der Waals surface area contributed by atoms with Gasteiger partial charge in [-0.05, 0) is 53.6 Å². The Morgan fingerprint density at radius 1 is 0.848 bits per heavy atom. The first-order chi connectivity index (χ1) is 16.0. The second-order valence-electron chi connectivity index (χ2n) is 7.53. The highest BCUT2D eigenvalue weighted by Gasteiger charge is 2.25. The van der Waals surface area contributed by atoms with E-state index in [0.717, 1.165) is 16.9 Å². The molecule has 2 N–H and O–H groups in total. The van der Waals surface area contributed by atoms with Crippen molar-refractivity contribution >= 4 is 23.0 Å². The number of carboxylic acid groups (broad SMARTS) is 1. The van der Waals surface area contributed by atoms with Crippen molar-refractivity contribution in [3.8, 4) is 23.0 Å². The number of fused-ring (bicyclic) bond motifs is 1. The summed E-state index contributed by atoms with van der Waals surface area (Å²) in [4.78, 5) is 13.9. The fourth-order valence-corrected chi connectivity index (χ4v) is 4.07. The number of nitrogens with zero attached hydrogens (tertiary/aromatic N) is 1. The molecule has 0 radical (unpaired) electrons. The van der Waals surface area contributed by atoms with Gasteiger partial charge in [0.1, 0.15) is 5.75 Å². The Morgan fingerprint density at radius 3 is 2.27 bits per heavy atom. The molecule has 1 heterocycles. The van der Waals surface area contributed by atoms with Crippen LogP contribution in [0.3, 0.4) is 0 Å². The highest BCUT2D eigenvalue weighted by molar-refractivity contribution is 5.95. The zero-order valence-electron chi connectivity index (χ0n) is 19.0. The Bertz CT molecular complexity index is 1190. The van der Waals surface area contributed by atoms with E-state index in [1.165, 1.54) is 18.7 Å². The van der Waals surface area contributed by atoms with E-state index in [1.54, 1.807) is 33.5 Å². The number of hydrogen-bond donors (Lipinski definition) is 2. The number of nitrogens with one attached hydrogen (secondary N) is 1. The fourth-order valence-electron chi connectivity index (χ4n) is 4.07. The molecule has 0 amide bonds. The van der Waals surface area contributed by atoms with E-state index in [1.807, 2.05) is 24.3 Å². The van der Waals surface area contributed by atoms with Crippen molar-refractivity contribution in [2.45, 2.75) is 13.1 Å². The lowest BCUT2D eigenvalue weighted by atomic mass is 10.1. The number of carbonyl (C=O) groups is 1. The van der Waals surface area contributed by atoms with E-state index in [4.69, 9.17) is 18.9 Å². The van der Waals surface area contributed by atoms with Gasteiger partial charge in [-0.1, -0.05) is 6.07 Å². The van der Waals surface area contributed by atoms with Crippen LogP contribution in [0, 0.1) is 0 Å². The minimum atomic E-state index is -1.02. The first-order valence-electron chi connectivity index (χ1n) is 10.3. The molecular weight excluding hydrogens is 424 g/mol. The number of anilines is 3. The summed E-state index contributed by atoms with van der Waals surface area (Å²) in [6.07, 6.45) is 0. The molecule has 0 saturated heterocycles. The number of rotatable bonds is 8. The quantitative estimate of drug-likeness (QED) is 0.511. The average molecular weight is 450 g/mol. The van der Waals surface area contributed by atoms with Crippen LogP contribution in [0.4, 0.5) is 17.1 Å². The molecule has 172 valence electrons. The SMILES string of the molecule is COc1ccc(Nc2ccc3c(c2)CN(c2ccc(OC)c(OC)c2OC)C3)c(C(=O)O)c1. The second-order valence-corrected chi connectivity index (χ2v) is 7.53. The third-order valence-electron chi connectivity index (χ3n) is 5.69. The minimum Gasteiger partial charge on any atom is -0.497 e. The van der Waals surface area contributed by atoms with Gasteiger partial charge in [-0.3, -0.25) is 0 Å². The summed E-state index contributed by atoms with van der Waals surface area (Å²) in [6.45, 7) is 1.38. The van der Waals surface area contributed by atoms with Crippen LogP contribution in [0.25, 0.3) is 0 Å². The van der Waals surface area contributed by atoms with Gasteiger partial charge >= 0.3 is 5.97 Å². The smallest absolute Gasteiger partial charge is 0.337 e. The Balaban J connectivity index is 1.60. The zero-order chi connectivity index (χ0) is 23.5. The predicted octanol–water partition coefficient (Wildman–Crippen LogP) is 4.68. The Kier molecular flexibility index (Phi) is 6.17. The Hall–Kier alpha value is -4.07. The van der Waals surface area contributed by atoms with E-state index in [2.05, 4.69) is 16.3 Å². The van der Waals surface area contributed by atoms with E-state index < -0.39 is 5.97 Å². The van der Waals surface area contributed by atoms with Crippen molar-refractivity contribution in [3.63, 3.8) is 0 Å². The molecule has 1 aliphatic heterocycles. The summed E-state index contributed by atoms with van der Waals surface area (Å²) >= 11 is 0. The van der Waals surface area contributed by atoms with Gasteiger partial charge in [-0.25, -0.2) is 4.79 Å². The summed E-state index contributed by atoms with van der Waals surface area (Å²) in [7, 11) is 6.30. The van der Waals surface area contributed by atoms with Crippen molar-refractivity contribution < 1.29 is 28.8 Å². The maximum absolute atomic E-state index is 11.7. The first-order valence-corrected chi connectivity index (χ1v) is 10.3. The highest BCUT2D eigenvalue weighted by Crippen LogP contribution is 2.46. The molecule has 0 aromatic heterocycles. The van der Waals surface area contributed by atoms with E-state index in [0.29, 0.717) is 41.8 Å². The standard InChI is InChI=1S/C25H26N2O6/c1-30-18-7-8-20(19(12-18)25(28)29)26-17-6-5-15-13-27(14-16(15)11-17)21-9-10-22(31-2)24(33-4)23(21)32-3/h5-12,26H,13-14H2,1-4H3,(H,28,29). The average Bonchev–Trinajstić information content (AvgIpc) is 3.26. The minimum absolute atomic E-state index is 0.145. The second kappa shape index (κ2) is 9.20. The molecule has 1 aliphatic rings. The van der Waals surface area contributed by atoms with Gasteiger partial charge in [0.25, 0.3) is 0 Å². The van der Waals surface area contributed by atoms with Crippen molar-refractivity contribution in [3.05, 3.63) is 65.2 Å². The van der Waals surface area contributed by atoms with Crippen LogP contribution in [0.15, 0.2) is 48.5 Å². The normalized spacial score (nSPS) is 12.2. The first kappa shape index (κ1) is 22.1. The van der Waals surface area contributed by atoms with Gasteiger partial charge in [-0.2, -0.15) is 0 Å². The van der Waals surface area contributed by atoms with E-state index >= 15 is 0 Å². The van der Waals surface area contributed by atoms with Gasteiger partial charge in [0, 0.05) is 18.8 Å². The Labute approximate surface area is 192 Å². The molecule has 33 heavy (non-hydrogen) atoms. The molecule has 3 aromatic rings. The van der Waals surface area contributed by atoms with E-state index in [9.17, 15) is 9.90 Å². The molecule has 0 bridgehead atoms. The molecule has 4 rings (SSSR count). The predicted molar refractivity (Wildman–Crippen MR) is 126 cm³/mol. The maximum Gasteiger partial charge on any atom is 0.337 e. The molecule has 0 spiro atoms. The van der Waals surface area contributed by atoms with Crippen LogP contribution >= 0.6 is 0 Å². The van der Waals surface area contributed by atoms with Gasteiger partial charge in [0.05, 0.1) is 45.4 Å². The number of aromatic carboxylic acids is 1. The molecule has 8 nitrogen and oxygen atoms in total. The van der Waals surface area contributed by atoms with E-state index in [-0.39, 0.29) is 5.56 Å². The van der Waals surface area contributed by atoms with Crippen LogP contribution in [-0.4, -0.2) is 39.5 Å². The zero-order valence-corrected chi connectivity index (χ0v) is 19.0. The van der Waals surface area contributed by atoms with Crippen molar-refractivity contribution in [2.75, 3.05) is 38.7 Å². The number of methoxy groups -OCH3 is 4. The number of benzene rings is 3. The molecule has 0 fully saturated rings. The maximum atomic E-state index is 11.7. The van der Waals surface area contributed by atoms with Crippen LogP contribution in [0.2, 0.25) is 0 Å². The molecule has 0 atom stereocenters. The molecule has 0 aliphatic carbocycles. The number of hydrogen-bond acceptors (Lipinski definition) is 7. The Morgan fingerprint density at radius 2 is 1.61 bits per heavy atom. The third-order valence-corrected chi connectivity index (χ3v) is 5.69. The third kappa shape index (κ3) is 4.19. The summed E-state index contributed by atoms with van der Waals surface area (Å²) in [5.74, 6) is 1.24. The van der Waals surface area contributed by atoms with Crippen LogP contribution < -0.4 is 29.2 Å². The number of carboxylic acids is 1.